The lowest BCUT2D eigenvalue weighted by atomic mass is 9.71. The molecule has 1 nitrogen and oxygen atoms in total. The first-order chi connectivity index (χ1) is 6.72. The van der Waals surface area contributed by atoms with Gasteiger partial charge in [0.25, 0.3) is 0 Å². The second kappa shape index (κ2) is 4.22. The molecule has 3 fully saturated rings. The van der Waals surface area contributed by atoms with Crippen molar-refractivity contribution in [1.29, 1.82) is 0 Å². The third-order valence-corrected chi connectivity index (χ3v) is 4.27. The van der Waals surface area contributed by atoms with Gasteiger partial charge >= 0.3 is 0 Å². The molecule has 0 aromatic carbocycles. The Morgan fingerprint density at radius 2 is 2.07 bits per heavy atom. The zero-order chi connectivity index (χ0) is 10.1. The highest BCUT2D eigenvalue weighted by Crippen LogP contribution is 2.41. The SMILES string of the molecule is CCCC1CC2CCC1N(C(C)C)C2. The second-order valence-corrected chi connectivity index (χ2v) is 5.59. The predicted octanol–water partition coefficient (Wildman–Crippen LogP) is 3.30. The molecule has 1 aliphatic carbocycles. The zero-order valence-electron chi connectivity index (χ0n) is 10.00. The van der Waals surface area contributed by atoms with Gasteiger partial charge in [0, 0.05) is 18.6 Å². The van der Waals surface area contributed by atoms with Gasteiger partial charge in [0.15, 0.2) is 0 Å². The van der Waals surface area contributed by atoms with Crippen LogP contribution in [0.1, 0.15) is 52.9 Å². The molecule has 3 atom stereocenters. The van der Waals surface area contributed by atoms with E-state index in [9.17, 15) is 0 Å². The summed E-state index contributed by atoms with van der Waals surface area (Å²) < 4.78 is 0. The van der Waals surface area contributed by atoms with Crippen LogP contribution in [0.2, 0.25) is 0 Å². The largest absolute Gasteiger partial charge is 0.297 e. The Hall–Kier alpha value is -0.0400. The van der Waals surface area contributed by atoms with Crippen molar-refractivity contribution in [3.05, 3.63) is 0 Å². The molecule has 3 rings (SSSR count). The van der Waals surface area contributed by atoms with E-state index < -0.39 is 0 Å². The van der Waals surface area contributed by atoms with Crippen molar-refractivity contribution in [2.75, 3.05) is 6.54 Å². The maximum absolute atomic E-state index is 2.78. The first-order valence-corrected chi connectivity index (χ1v) is 6.48. The standard InChI is InChI=1S/C13H25N/c1-4-5-12-8-11-6-7-13(12)14(9-11)10(2)3/h10-13H,4-9H2,1-3H3. The molecule has 14 heavy (non-hydrogen) atoms. The minimum absolute atomic E-state index is 0.766. The Balaban J connectivity index is 2.03. The molecule has 0 amide bonds. The number of rotatable bonds is 3. The molecule has 2 heterocycles. The lowest BCUT2D eigenvalue weighted by Gasteiger charge is -2.52. The maximum atomic E-state index is 2.78. The number of nitrogens with zero attached hydrogens (tertiary/aromatic N) is 1. The van der Waals surface area contributed by atoms with E-state index in [4.69, 9.17) is 0 Å². The van der Waals surface area contributed by atoms with Gasteiger partial charge in [0.2, 0.25) is 0 Å². The van der Waals surface area contributed by atoms with Crippen molar-refractivity contribution >= 4 is 0 Å². The van der Waals surface area contributed by atoms with E-state index in [0.29, 0.717) is 0 Å². The monoisotopic (exact) mass is 195 g/mol. The molecule has 3 unspecified atom stereocenters. The van der Waals surface area contributed by atoms with Gasteiger partial charge in [-0.25, -0.2) is 0 Å². The van der Waals surface area contributed by atoms with Crippen LogP contribution in [0.3, 0.4) is 0 Å². The highest BCUT2D eigenvalue weighted by Gasteiger charge is 2.40. The van der Waals surface area contributed by atoms with E-state index in [2.05, 4.69) is 25.7 Å². The van der Waals surface area contributed by atoms with Gasteiger partial charge in [-0.05, 0) is 51.4 Å². The van der Waals surface area contributed by atoms with Crippen LogP contribution < -0.4 is 0 Å². The van der Waals surface area contributed by atoms with E-state index in [1.54, 1.807) is 0 Å². The molecule has 0 aromatic heterocycles. The maximum Gasteiger partial charge on any atom is 0.0126 e. The minimum atomic E-state index is 0.766. The van der Waals surface area contributed by atoms with Crippen molar-refractivity contribution in [2.45, 2.75) is 65.0 Å². The van der Waals surface area contributed by atoms with Gasteiger partial charge in [0.1, 0.15) is 0 Å². The summed E-state index contributed by atoms with van der Waals surface area (Å²) in [5.74, 6) is 2.05. The van der Waals surface area contributed by atoms with Crippen LogP contribution >= 0.6 is 0 Å². The summed E-state index contributed by atoms with van der Waals surface area (Å²) in [4.78, 5) is 2.78. The third-order valence-electron chi connectivity index (χ3n) is 4.27. The first kappa shape index (κ1) is 10.5. The van der Waals surface area contributed by atoms with Crippen molar-refractivity contribution in [3.63, 3.8) is 0 Å². The van der Waals surface area contributed by atoms with Crippen molar-refractivity contribution in [3.8, 4) is 0 Å². The fraction of sp³-hybridized carbons (Fsp3) is 1.00. The zero-order valence-corrected chi connectivity index (χ0v) is 10.00. The lowest BCUT2D eigenvalue weighted by Crippen LogP contribution is -2.55. The van der Waals surface area contributed by atoms with E-state index in [1.807, 2.05) is 0 Å². The van der Waals surface area contributed by atoms with E-state index in [-0.39, 0.29) is 0 Å². The normalized spacial score (nSPS) is 38.1. The van der Waals surface area contributed by atoms with Gasteiger partial charge < -0.3 is 0 Å². The Morgan fingerprint density at radius 3 is 2.64 bits per heavy atom. The van der Waals surface area contributed by atoms with Gasteiger partial charge in [-0.15, -0.1) is 0 Å². The highest BCUT2D eigenvalue weighted by molar-refractivity contribution is 4.94. The summed E-state index contributed by atoms with van der Waals surface area (Å²) in [6.45, 7) is 8.46. The molecule has 2 saturated heterocycles. The van der Waals surface area contributed by atoms with Crippen LogP contribution in [0, 0.1) is 11.8 Å². The average molecular weight is 195 g/mol. The molecule has 3 aliphatic rings. The van der Waals surface area contributed by atoms with Crippen LogP contribution in [0.4, 0.5) is 0 Å². The fourth-order valence-electron chi connectivity index (χ4n) is 3.66. The first-order valence-electron chi connectivity index (χ1n) is 6.48. The number of hydrogen-bond acceptors (Lipinski definition) is 1. The van der Waals surface area contributed by atoms with E-state index in [1.165, 1.54) is 38.6 Å². The molecule has 0 spiro atoms. The van der Waals surface area contributed by atoms with Gasteiger partial charge in [-0.2, -0.15) is 0 Å². The van der Waals surface area contributed by atoms with Crippen LogP contribution in [-0.2, 0) is 0 Å². The Morgan fingerprint density at radius 1 is 1.29 bits per heavy atom. The molecule has 82 valence electrons. The number of fused-ring (bicyclic) bond motifs is 3. The van der Waals surface area contributed by atoms with Crippen molar-refractivity contribution in [1.82, 2.24) is 4.90 Å². The second-order valence-electron chi connectivity index (χ2n) is 5.59. The smallest absolute Gasteiger partial charge is 0.0126 e. The molecule has 1 saturated carbocycles. The summed E-state index contributed by atoms with van der Waals surface area (Å²) in [5.41, 5.74) is 0. The average Bonchev–Trinajstić information content (AvgIpc) is 2.19. The quantitative estimate of drug-likeness (QED) is 0.668. The Bertz CT molecular complexity index is 188. The molecular formula is C13H25N. The van der Waals surface area contributed by atoms with Gasteiger partial charge in [0.05, 0.1) is 0 Å². The van der Waals surface area contributed by atoms with Gasteiger partial charge in [-0.3, -0.25) is 4.90 Å². The topological polar surface area (TPSA) is 3.24 Å². The molecule has 1 heteroatoms. The predicted molar refractivity (Wildman–Crippen MR) is 61.4 cm³/mol. The van der Waals surface area contributed by atoms with E-state index >= 15 is 0 Å². The van der Waals surface area contributed by atoms with Crippen LogP contribution in [0.5, 0.6) is 0 Å². The molecule has 2 bridgehead atoms. The van der Waals surface area contributed by atoms with E-state index in [0.717, 1.165) is 23.9 Å². The third kappa shape index (κ3) is 1.84. The summed E-state index contributed by atoms with van der Waals surface area (Å²) in [7, 11) is 0. The molecular weight excluding hydrogens is 170 g/mol. The fourth-order valence-corrected chi connectivity index (χ4v) is 3.66. The molecule has 0 aromatic rings. The summed E-state index contributed by atoms with van der Waals surface area (Å²) in [6.07, 6.45) is 7.35. The lowest BCUT2D eigenvalue weighted by molar-refractivity contribution is -0.0215. The highest BCUT2D eigenvalue weighted by atomic mass is 15.2. The van der Waals surface area contributed by atoms with Gasteiger partial charge in [-0.1, -0.05) is 13.3 Å². The Labute approximate surface area is 88.9 Å². The summed E-state index contributed by atoms with van der Waals surface area (Å²) in [5, 5.41) is 0. The van der Waals surface area contributed by atoms with Crippen LogP contribution in [0.25, 0.3) is 0 Å². The summed E-state index contributed by atoms with van der Waals surface area (Å²) >= 11 is 0. The van der Waals surface area contributed by atoms with Crippen molar-refractivity contribution in [2.24, 2.45) is 11.8 Å². The van der Waals surface area contributed by atoms with Crippen LogP contribution in [0.15, 0.2) is 0 Å². The molecule has 0 radical (unpaired) electrons. The number of piperidine rings is 2. The molecule has 2 aliphatic heterocycles. The van der Waals surface area contributed by atoms with Crippen molar-refractivity contribution < 1.29 is 0 Å². The van der Waals surface area contributed by atoms with Crippen LogP contribution in [-0.4, -0.2) is 23.5 Å². The Kier molecular flexibility index (Phi) is 3.16. The minimum Gasteiger partial charge on any atom is -0.297 e. The molecule has 0 N–H and O–H groups in total. The summed E-state index contributed by atoms with van der Waals surface area (Å²) in [6, 6.07) is 1.70. The number of hydrogen-bond donors (Lipinski definition) is 0.